The molecule has 0 spiro atoms. The molecule has 2 N–H and O–H groups in total. The van der Waals surface area contributed by atoms with Gasteiger partial charge >= 0.3 is 0 Å². The molecule has 1 saturated heterocycles. The van der Waals surface area contributed by atoms with Crippen LogP contribution in [0.25, 0.3) is 0 Å². The number of nitrogens with zero attached hydrogens (tertiary/aromatic N) is 1. The van der Waals surface area contributed by atoms with Crippen LogP contribution < -0.4 is 5.32 Å². The topological polar surface area (TPSA) is 35.5 Å². The molecule has 3 heteroatoms. The highest BCUT2D eigenvalue weighted by Crippen LogP contribution is 2.12. The maximum atomic E-state index is 8.86. The lowest BCUT2D eigenvalue weighted by atomic mass is 10.0. The van der Waals surface area contributed by atoms with Crippen molar-refractivity contribution in [1.29, 1.82) is 0 Å². The molecule has 1 aliphatic rings. The minimum atomic E-state index is 0.292. The molecule has 0 aliphatic carbocycles. The third kappa shape index (κ3) is 5.28. The molecule has 0 aromatic heterocycles. The highest BCUT2D eigenvalue weighted by Gasteiger charge is 2.20. The second-order valence-electron chi connectivity index (χ2n) is 5.55. The van der Waals surface area contributed by atoms with Crippen molar-refractivity contribution >= 4 is 0 Å². The van der Waals surface area contributed by atoms with Crippen LogP contribution in [-0.2, 0) is 0 Å². The number of aliphatic hydroxyl groups excluding tert-OH is 1. The first-order chi connectivity index (χ1) is 7.61. The van der Waals surface area contributed by atoms with E-state index in [-0.39, 0.29) is 0 Å². The van der Waals surface area contributed by atoms with E-state index in [2.05, 4.69) is 31.0 Å². The number of nitrogens with one attached hydrogen (secondary N) is 1. The molecule has 96 valence electrons. The summed E-state index contributed by atoms with van der Waals surface area (Å²) in [7, 11) is 0. The van der Waals surface area contributed by atoms with E-state index < -0.39 is 0 Å². The molecule has 1 unspecified atom stereocenters. The maximum Gasteiger partial charge on any atom is 0.0445 e. The summed E-state index contributed by atoms with van der Waals surface area (Å²) >= 11 is 0. The summed E-state index contributed by atoms with van der Waals surface area (Å²) in [5.41, 5.74) is 0. The molecular weight excluding hydrogens is 200 g/mol. The van der Waals surface area contributed by atoms with Gasteiger partial charge in [0.05, 0.1) is 0 Å². The van der Waals surface area contributed by atoms with Gasteiger partial charge in [0.2, 0.25) is 0 Å². The van der Waals surface area contributed by atoms with Crippen molar-refractivity contribution in [3.05, 3.63) is 0 Å². The Hall–Kier alpha value is -0.120. The van der Waals surface area contributed by atoms with Gasteiger partial charge in [0.1, 0.15) is 0 Å². The number of aliphatic hydroxyl groups is 1. The Morgan fingerprint density at radius 3 is 2.38 bits per heavy atom. The molecule has 0 amide bonds. The van der Waals surface area contributed by atoms with Gasteiger partial charge in [-0.3, -0.25) is 0 Å². The summed E-state index contributed by atoms with van der Waals surface area (Å²) in [6, 6.07) is 1.11. The molecule has 16 heavy (non-hydrogen) atoms. The van der Waals surface area contributed by atoms with Crippen LogP contribution in [0.1, 0.15) is 40.0 Å². The van der Waals surface area contributed by atoms with E-state index in [9.17, 15) is 0 Å². The van der Waals surface area contributed by atoms with Crippen LogP contribution in [0.2, 0.25) is 0 Å². The monoisotopic (exact) mass is 228 g/mol. The number of piperidine rings is 1. The predicted octanol–water partition coefficient (Wildman–Crippen LogP) is 1.47. The van der Waals surface area contributed by atoms with E-state index >= 15 is 0 Å². The highest BCUT2D eigenvalue weighted by atomic mass is 16.3. The zero-order valence-electron chi connectivity index (χ0n) is 11.1. The lowest BCUT2D eigenvalue weighted by Gasteiger charge is -2.34. The molecule has 0 saturated carbocycles. The molecule has 1 atom stereocenters. The fourth-order valence-electron chi connectivity index (χ4n) is 2.48. The van der Waals surface area contributed by atoms with Crippen molar-refractivity contribution in [2.75, 3.05) is 26.2 Å². The molecule has 1 aliphatic heterocycles. The summed E-state index contributed by atoms with van der Waals surface area (Å²) in [4.78, 5) is 2.57. The zero-order chi connectivity index (χ0) is 12.0. The van der Waals surface area contributed by atoms with Gasteiger partial charge in [0.25, 0.3) is 0 Å². The van der Waals surface area contributed by atoms with Crippen molar-refractivity contribution < 1.29 is 5.11 Å². The number of likely N-dealkylation sites (tertiary alicyclic amines) is 1. The van der Waals surface area contributed by atoms with Crippen LogP contribution in [0.15, 0.2) is 0 Å². The fourth-order valence-corrected chi connectivity index (χ4v) is 2.48. The third-order valence-corrected chi connectivity index (χ3v) is 3.29. The van der Waals surface area contributed by atoms with Gasteiger partial charge in [-0.2, -0.15) is 0 Å². The largest absolute Gasteiger partial charge is 0.396 e. The third-order valence-electron chi connectivity index (χ3n) is 3.29. The first kappa shape index (κ1) is 13.9. The summed E-state index contributed by atoms with van der Waals surface area (Å²) in [6.45, 7) is 10.7. The van der Waals surface area contributed by atoms with E-state index in [1.54, 1.807) is 0 Å². The van der Waals surface area contributed by atoms with Crippen LogP contribution in [0.3, 0.4) is 0 Å². The Labute approximate surface area is 100 Å². The minimum absolute atomic E-state index is 0.292. The first-order valence-electron chi connectivity index (χ1n) is 6.71. The fraction of sp³-hybridized carbons (Fsp3) is 1.00. The Morgan fingerprint density at radius 1 is 1.25 bits per heavy atom. The Kier molecular flexibility index (Phi) is 6.32. The van der Waals surface area contributed by atoms with Gasteiger partial charge < -0.3 is 15.3 Å². The smallest absolute Gasteiger partial charge is 0.0445 e. The lowest BCUT2D eigenvalue weighted by molar-refractivity contribution is 0.171. The molecule has 0 bridgehead atoms. The van der Waals surface area contributed by atoms with Crippen LogP contribution >= 0.6 is 0 Å². The molecule has 1 fully saturated rings. The van der Waals surface area contributed by atoms with Gasteiger partial charge in [-0.15, -0.1) is 0 Å². The summed E-state index contributed by atoms with van der Waals surface area (Å²) in [5.74, 6) is 0.776. The van der Waals surface area contributed by atoms with Crippen LogP contribution in [0, 0.1) is 5.92 Å². The van der Waals surface area contributed by atoms with E-state index in [0.29, 0.717) is 18.7 Å². The standard InChI is InChI=1S/C13H28N2O/c1-11(2)10-15-7-4-13(5-8-15)14-12(3)6-9-16/h11-14,16H,4-10H2,1-3H3. The van der Waals surface area contributed by atoms with Crippen LogP contribution in [0.4, 0.5) is 0 Å². The van der Waals surface area contributed by atoms with E-state index in [1.807, 2.05) is 0 Å². The lowest BCUT2D eigenvalue weighted by Crippen LogP contribution is -2.46. The second kappa shape index (κ2) is 7.25. The average Bonchev–Trinajstić information content (AvgIpc) is 2.20. The van der Waals surface area contributed by atoms with Gasteiger partial charge in [-0.05, 0) is 45.2 Å². The van der Waals surface area contributed by atoms with Gasteiger partial charge in [-0.1, -0.05) is 13.8 Å². The Morgan fingerprint density at radius 2 is 1.88 bits per heavy atom. The van der Waals surface area contributed by atoms with Crippen molar-refractivity contribution in [1.82, 2.24) is 10.2 Å². The SMILES string of the molecule is CC(C)CN1CCC(NC(C)CCO)CC1. The van der Waals surface area contributed by atoms with Gasteiger partial charge in [-0.25, -0.2) is 0 Å². The van der Waals surface area contributed by atoms with Crippen molar-refractivity contribution in [2.45, 2.75) is 52.1 Å². The van der Waals surface area contributed by atoms with Crippen molar-refractivity contribution in [2.24, 2.45) is 5.92 Å². The zero-order valence-corrected chi connectivity index (χ0v) is 11.1. The van der Waals surface area contributed by atoms with E-state index in [4.69, 9.17) is 5.11 Å². The van der Waals surface area contributed by atoms with Gasteiger partial charge in [0.15, 0.2) is 0 Å². The average molecular weight is 228 g/mol. The summed E-state index contributed by atoms with van der Waals surface area (Å²) in [6.07, 6.45) is 3.37. The minimum Gasteiger partial charge on any atom is -0.396 e. The first-order valence-corrected chi connectivity index (χ1v) is 6.71. The van der Waals surface area contributed by atoms with Crippen molar-refractivity contribution in [3.63, 3.8) is 0 Å². The Bertz CT molecular complexity index is 177. The van der Waals surface area contributed by atoms with E-state index in [1.165, 1.54) is 32.5 Å². The summed E-state index contributed by atoms with van der Waals surface area (Å²) < 4.78 is 0. The quantitative estimate of drug-likeness (QED) is 0.722. The normalized spacial score (nSPS) is 21.6. The molecule has 0 aromatic carbocycles. The van der Waals surface area contributed by atoms with Crippen molar-refractivity contribution in [3.8, 4) is 0 Å². The number of rotatable bonds is 6. The van der Waals surface area contributed by atoms with E-state index in [0.717, 1.165) is 12.3 Å². The number of hydrogen-bond acceptors (Lipinski definition) is 3. The Balaban J connectivity index is 2.16. The highest BCUT2D eigenvalue weighted by molar-refractivity contribution is 4.79. The molecule has 1 heterocycles. The molecule has 1 rings (SSSR count). The summed E-state index contributed by atoms with van der Waals surface area (Å²) in [5, 5.41) is 12.5. The van der Waals surface area contributed by atoms with Crippen LogP contribution in [-0.4, -0.2) is 48.3 Å². The molecular formula is C13H28N2O. The molecule has 0 aromatic rings. The second-order valence-corrected chi connectivity index (χ2v) is 5.55. The van der Waals surface area contributed by atoms with Gasteiger partial charge in [0, 0.05) is 25.2 Å². The maximum absolute atomic E-state index is 8.86. The predicted molar refractivity (Wildman–Crippen MR) is 68.6 cm³/mol. The molecule has 3 nitrogen and oxygen atoms in total. The number of hydrogen-bond donors (Lipinski definition) is 2. The van der Waals surface area contributed by atoms with Crippen LogP contribution in [0.5, 0.6) is 0 Å². The molecule has 0 radical (unpaired) electrons.